The molecule has 0 radical (unpaired) electrons. The molecule has 1 atom stereocenters. The van der Waals surface area contributed by atoms with Crippen LogP contribution in [0.1, 0.15) is 30.9 Å². The Morgan fingerprint density at radius 2 is 1.45 bits per heavy atom. The van der Waals surface area contributed by atoms with Crippen LogP contribution in [0.2, 0.25) is 10.0 Å². The molecule has 1 heterocycles. The Hall–Kier alpha value is -2.87. The lowest BCUT2D eigenvalue weighted by molar-refractivity contribution is 0.210. The summed E-state index contributed by atoms with van der Waals surface area (Å²) in [7, 11) is -4.07. The van der Waals surface area contributed by atoms with E-state index in [1.807, 2.05) is 56.3 Å². The van der Waals surface area contributed by atoms with Crippen molar-refractivity contribution < 1.29 is 13.2 Å². The zero-order valence-corrected chi connectivity index (χ0v) is 20.4. The predicted octanol–water partition coefficient (Wildman–Crippen LogP) is 5.92. The number of nitrogens with one attached hydrogen (secondary N) is 1. The average molecular weight is 504 g/mol. The number of halogens is 2. The molecule has 0 saturated carbocycles. The first-order chi connectivity index (χ1) is 15.8. The molecule has 0 spiro atoms. The first-order valence-electron chi connectivity index (χ1n) is 10.3. The molecule has 0 aliphatic carbocycles. The largest absolute Gasteiger partial charge is 0.351 e. The van der Waals surface area contributed by atoms with Crippen LogP contribution in [0.4, 0.5) is 4.79 Å². The number of urea groups is 1. The number of sulfonamides is 1. The van der Waals surface area contributed by atoms with Crippen LogP contribution in [0.5, 0.6) is 0 Å². The van der Waals surface area contributed by atoms with E-state index in [-0.39, 0.29) is 17.4 Å². The van der Waals surface area contributed by atoms with E-state index < -0.39 is 16.1 Å². The van der Waals surface area contributed by atoms with Crippen LogP contribution in [0.3, 0.4) is 0 Å². The van der Waals surface area contributed by atoms with E-state index in [2.05, 4.69) is 9.82 Å². The second-order valence-electron chi connectivity index (χ2n) is 6.90. The minimum Gasteiger partial charge on any atom is -0.246 e. The number of amides is 2. The highest BCUT2D eigenvalue weighted by Crippen LogP contribution is 2.29. The van der Waals surface area contributed by atoms with Crippen LogP contribution in [-0.2, 0) is 10.0 Å². The third-order valence-corrected chi connectivity index (χ3v) is 6.68. The van der Waals surface area contributed by atoms with E-state index in [1.165, 1.54) is 24.3 Å². The highest BCUT2D eigenvalue weighted by atomic mass is 35.5. The molecule has 9 heteroatoms. The number of hydrogen-bond donors (Lipinski definition) is 1. The molecule has 3 aromatic rings. The highest BCUT2D eigenvalue weighted by Gasteiger charge is 2.33. The number of carbonyl (C=O) groups is 1. The predicted molar refractivity (Wildman–Crippen MR) is 132 cm³/mol. The van der Waals surface area contributed by atoms with E-state index in [0.29, 0.717) is 15.8 Å². The quantitative estimate of drug-likeness (QED) is 0.479. The van der Waals surface area contributed by atoms with Gasteiger partial charge in [-0.25, -0.2) is 22.9 Å². The van der Waals surface area contributed by atoms with E-state index in [0.717, 1.165) is 16.1 Å². The van der Waals surface area contributed by atoms with Crippen molar-refractivity contribution in [1.29, 1.82) is 0 Å². The van der Waals surface area contributed by atoms with Gasteiger partial charge in [0.2, 0.25) is 0 Å². The van der Waals surface area contributed by atoms with Gasteiger partial charge >= 0.3 is 6.03 Å². The molecule has 0 bridgehead atoms. The number of rotatable bonds is 4. The van der Waals surface area contributed by atoms with Gasteiger partial charge in [-0.1, -0.05) is 79.5 Å². The van der Waals surface area contributed by atoms with Gasteiger partial charge < -0.3 is 0 Å². The maximum absolute atomic E-state index is 12.8. The van der Waals surface area contributed by atoms with Gasteiger partial charge in [0.25, 0.3) is 10.0 Å². The fourth-order valence-electron chi connectivity index (χ4n) is 3.30. The molecule has 4 rings (SSSR count). The molecule has 33 heavy (non-hydrogen) atoms. The second-order valence-corrected chi connectivity index (χ2v) is 9.46. The minimum absolute atomic E-state index is 0.0639. The lowest BCUT2D eigenvalue weighted by Crippen LogP contribution is -2.39. The van der Waals surface area contributed by atoms with Gasteiger partial charge in [0.1, 0.15) is 0 Å². The molecule has 3 aromatic carbocycles. The van der Waals surface area contributed by atoms with Crippen LogP contribution >= 0.6 is 23.2 Å². The summed E-state index contributed by atoms with van der Waals surface area (Å²) >= 11 is 11.8. The van der Waals surface area contributed by atoms with E-state index >= 15 is 0 Å². The molecule has 0 saturated heterocycles. The van der Waals surface area contributed by atoms with Crippen molar-refractivity contribution in [2.24, 2.45) is 5.10 Å². The van der Waals surface area contributed by atoms with E-state index in [1.54, 1.807) is 12.1 Å². The van der Waals surface area contributed by atoms with Crippen molar-refractivity contribution in [1.82, 2.24) is 9.73 Å². The van der Waals surface area contributed by atoms with Crippen LogP contribution in [0.25, 0.3) is 0 Å². The Balaban J connectivity index is 0.00000149. The first-order valence-corrected chi connectivity index (χ1v) is 12.6. The molecule has 0 aromatic heterocycles. The summed E-state index contributed by atoms with van der Waals surface area (Å²) in [4.78, 5) is 12.7. The molecule has 6 nitrogen and oxygen atoms in total. The van der Waals surface area contributed by atoms with Gasteiger partial charge in [-0.2, -0.15) is 5.10 Å². The third-order valence-electron chi connectivity index (χ3n) is 4.84. The van der Waals surface area contributed by atoms with Crippen molar-refractivity contribution in [3.05, 3.63) is 100 Å². The summed E-state index contributed by atoms with van der Waals surface area (Å²) in [6.07, 6.45) is 0. The van der Waals surface area contributed by atoms with Gasteiger partial charge in [0, 0.05) is 16.0 Å². The molecule has 1 aliphatic heterocycles. The summed E-state index contributed by atoms with van der Waals surface area (Å²) in [6.45, 7) is 4.20. The fourth-order valence-corrected chi connectivity index (χ4v) is 4.50. The normalized spacial score (nSPS) is 15.3. The van der Waals surface area contributed by atoms with Crippen LogP contribution in [0.15, 0.2) is 88.9 Å². The van der Waals surface area contributed by atoms with Crippen molar-refractivity contribution >= 4 is 45.0 Å². The van der Waals surface area contributed by atoms with Gasteiger partial charge in [-0.05, 0) is 47.5 Å². The summed E-state index contributed by atoms with van der Waals surface area (Å²) in [6, 6.07) is 21.5. The fraction of sp³-hybridized carbons (Fsp3) is 0.167. The van der Waals surface area contributed by atoms with Crippen molar-refractivity contribution in [3.8, 4) is 0 Å². The Labute approximate surface area is 203 Å². The van der Waals surface area contributed by atoms with Crippen LogP contribution < -0.4 is 4.72 Å². The summed E-state index contributed by atoms with van der Waals surface area (Å²) in [5.41, 5.74) is 2.42. The van der Waals surface area contributed by atoms with Gasteiger partial charge in [-0.3, -0.25) is 0 Å². The Morgan fingerprint density at radius 1 is 0.909 bits per heavy atom. The van der Waals surface area contributed by atoms with Crippen LogP contribution in [0, 0.1) is 0 Å². The third kappa shape index (κ3) is 5.93. The molecule has 0 fully saturated rings. The van der Waals surface area contributed by atoms with Crippen molar-refractivity contribution in [2.45, 2.75) is 24.7 Å². The summed E-state index contributed by atoms with van der Waals surface area (Å²) in [5, 5.41) is 6.56. The number of hydrogen-bond acceptors (Lipinski definition) is 4. The standard InChI is InChI=1S/C22H17Cl2N3O3S.C2H6/c23-17-8-6-16(7-9-17)21-20(15-4-2-1-3-5-15)14-27(25-21)22(28)26-31(29,30)19-12-10-18(24)11-13-19;1-2/h1-13,20H,14H2,(H,26,28);1-2H3. The zero-order chi connectivity index (χ0) is 24.0. The smallest absolute Gasteiger partial charge is 0.246 e. The maximum atomic E-state index is 12.8. The monoisotopic (exact) mass is 503 g/mol. The Kier molecular flexibility index (Phi) is 8.13. The van der Waals surface area contributed by atoms with Crippen molar-refractivity contribution in [3.63, 3.8) is 0 Å². The van der Waals surface area contributed by atoms with Crippen molar-refractivity contribution in [2.75, 3.05) is 6.54 Å². The number of nitrogens with zero attached hydrogens (tertiary/aromatic N) is 2. The summed E-state index contributed by atoms with van der Waals surface area (Å²) < 4.78 is 27.2. The number of hydrazone groups is 1. The van der Waals surface area contributed by atoms with Gasteiger partial charge in [0.15, 0.2) is 0 Å². The van der Waals surface area contributed by atoms with Crippen LogP contribution in [-0.4, -0.2) is 31.7 Å². The average Bonchev–Trinajstić information content (AvgIpc) is 3.27. The Morgan fingerprint density at radius 3 is 2.03 bits per heavy atom. The minimum atomic E-state index is -4.07. The SMILES string of the molecule is CC.O=C(NS(=O)(=O)c1ccc(Cl)cc1)N1CC(c2ccccc2)C(c2ccc(Cl)cc2)=N1. The summed E-state index contributed by atoms with van der Waals surface area (Å²) in [5.74, 6) is -0.216. The maximum Gasteiger partial charge on any atom is 0.351 e. The second kappa shape index (κ2) is 10.8. The molecule has 1 unspecified atom stereocenters. The molecule has 2 amide bonds. The lowest BCUT2D eigenvalue weighted by atomic mass is 9.91. The van der Waals surface area contributed by atoms with Gasteiger partial charge in [-0.15, -0.1) is 0 Å². The molecule has 172 valence electrons. The highest BCUT2D eigenvalue weighted by molar-refractivity contribution is 7.90. The van der Waals surface area contributed by atoms with Gasteiger partial charge in [0.05, 0.1) is 17.2 Å². The topological polar surface area (TPSA) is 78.8 Å². The first kappa shape index (κ1) is 24.8. The number of carbonyl (C=O) groups excluding carboxylic acids is 1. The van der Waals surface area contributed by atoms with E-state index in [9.17, 15) is 13.2 Å². The zero-order valence-electron chi connectivity index (χ0n) is 18.1. The lowest BCUT2D eigenvalue weighted by Gasteiger charge is -2.16. The Bertz CT molecular complexity index is 1230. The molecule has 1 N–H and O–H groups in total. The number of benzene rings is 3. The molecular formula is C24H23Cl2N3O3S. The molecular weight excluding hydrogens is 481 g/mol. The molecule has 1 aliphatic rings. The van der Waals surface area contributed by atoms with E-state index in [4.69, 9.17) is 23.2 Å².